The first-order chi connectivity index (χ1) is 5.63. The van der Waals surface area contributed by atoms with Crippen LogP contribution in [0.15, 0.2) is 0 Å². The fourth-order valence-electron chi connectivity index (χ4n) is 1.29. The molecule has 1 fully saturated rings. The van der Waals surface area contributed by atoms with Crippen LogP contribution in [-0.2, 0) is 0 Å². The van der Waals surface area contributed by atoms with Gasteiger partial charge in [0.2, 0.25) is 0 Å². The number of likely N-dealkylation sites (N-methyl/N-ethyl adjacent to an activating group) is 1. The third-order valence-electron chi connectivity index (χ3n) is 2.05. The second-order valence-electron chi connectivity index (χ2n) is 3.11. The van der Waals surface area contributed by atoms with Gasteiger partial charge in [0.1, 0.15) is 0 Å². The molecule has 1 aliphatic rings. The van der Waals surface area contributed by atoms with E-state index in [-0.39, 0.29) is 6.03 Å². The number of carbonyl (C=O) groups is 1. The van der Waals surface area contributed by atoms with E-state index in [9.17, 15) is 4.79 Å². The highest BCUT2D eigenvalue weighted by Crippen LogP contribution is 2.12. The highest BCUT2D eigenvalue weighted by molar-refractivity contribution is 5.76. The third kappa shape index (κ3) is 2.40. The molecule has 2 amide bonds. The molecule has 1 heterocycles. The molecule has 0 saturated carbocycles. The number of hydrogen-bond acceptors (Lipinski definition) is 1. The first kappa shape index (κ1) is 11.3. The van der Waals surface area contributed by atoms with Crippen molar-refractivity contribution in [3.8, 4) is 0 Å². The number of carbonyl (C=O) groups excluding carboxylic acids is 1. The minimum atomic E-state index is 0.0544. The molecule has 72 valence electrons. The van der Waals surface area contributed by atoms with Crippen LogP contribution in [0, 0.1) is 5.92 Å². The van der Waals surface area contributed by atoms with E-state index < -0.39 is 0 Å². The van der Waals surface area contributed by atoms with Crippen molar-refractivity contribution >= 4 is 6.03 Å². The molecule has 12 heavy (non-hydrogen) atoms. The van der Waals surface area contributed by atoms with Gasteiger partial charge in [0.15, 0.2) is 0 Å². The van der Waals surface area contributed by atoms with Crippen LogP contribution in [-0.4, -0.2) is 30.6 Å². The molecule has 3 heteroatoms. The lowest BCUT2D eigenvalue weighted by Crippen LogP contribution is -2.33. The van der Waals surface area contributed by atoms with Gasteiger partial charge in [-0.1, -0.05) is 27.7 Å². The maximum Gasteiger partial charge on any atom is 0.317 e. The van der Waals surface area contributed by atoms with E-state index in [1.165, 1.54) is 0 Å². The number of hydrogen-bond donors (Lipinski definition) is 1. The van der Waals surface area contributed by atoms with Gasteiger partial charge in [0, 0.05) is 13.6 Å². The van der Waals surface area contributed by atoms with Gasteiger partial charge >= 0.3 is 6.03 Å². The molecule has 1 atom stereocenters. The summed E-state index contributed by atoms with van der Waals surface area (Å²) in [6.45, 7) is 9.05. The quantitative estimate of drug-likeness (QED) is 0.641. The summed E-state index contributed by atoms with van der Waals surface area (Å²) in [4.78, 5) is 12.7. The van der Waals surface area contributed by atoms with Crippen LogP contribution in [0.4, 0.5) is 4.79 Å². The summed E-state index contributed by atoms with van der Waals surface area (Å²) in [6, 6.07) is 0.436. The van der Waals surface area contributed by atoms with Crippen molar-refractivity contribution in [2.45, 2.75) is 33.7 Å². The second-order valence-corrected chi connectivity index (χ2v) is 3.11. The van der Waals surface area contributed by atoms with E-state index >= 15 is 0 Å². The standard InChI is InChI=1S/C7H14N2O.C2H6/c1-5(2)6-4-8-7(10)9(6)3;1-2/h5-6H,4H2,1-3H3,(H,8,10);1-2H3. The topological polar surface area (TPSA) is 32.3 Å². The molecule has 0 spiro atoms. The highest BCUT2D eigenvalue weighted by Gasteiger charge is 2.28. The molecule has 0 aromatic carbocycles. The summed E-state index contributed by atoms with van der Waals surface area (Å²) >= 11 is 0. The molecular formula is C9H20N2O. The van der Waals surface area contributed by atoms with Gasteiger partial charge in [-0.25, -0.2) is 4.79 Å². The lowest BCUT2D eigenvalue weighted by Gasteiger charge is -2.20. The Labute approximate surface area is 75.1 Å². The minimum Gasteiger partial charge on any atom is -0.336 e. The summed E-state index contributed by atoms with van der Waals surface area (Å²) in [5.74, 6) is 0.545. The lowest BCUT2D eigenvalue weighted by molar-refractivity contribution is 0.206. The maximum atomic E-state index is 10.9. The molecule has 1 N–H and O–H groups in total. The predicted molar refractivity (Wildman–Crippen MR) is 51.1 cm³/mol. The van der Waals surface area contributed by atoms with Crippen molar-refractivity contribution in [2.75, 3.05) is 13.6 Å². The van der Waals surface area contributed by atoms with Crippen molar-refractivity contribution < 1.29 is 4.79 Å². The zero-order valence-corrected chi connectivity index (χ0v) is 8.72. The number of amides is 2. The summed E-state index contributed by atoms with van der Waals surface area (Å²) in [5.41, 5.74) is 0. The Morgan fingerprint density at radius 2 is 2.00 bits per heavy atom. The number of urea groups is 1. The van der Waals surface area contributed by atoms with E-state index in [1.54, 1.807) is 4.90 Å². The Morgan fingerprint density at radius 3 is 2.17 bits per heavy atom. The third-order valence-corrected chi connectivity index (χ3v) is 2.05. The van der Waals surface area contributed by atoms with E-state index in [0.717, 1.165) is 6.54 Å². The Balaban J connectivity index is 0.000000561. The monoisotopic (exact) mass is 172 g/mol. The smallest absolute Gasteiger partial charge is 0.317 e. The zero-order chi connectivity index (χ0) is 9.72. The molecule has 1 aliphatic heterocycles. The molecule has 0 aromatic rings. The minimum absolute atomic E-state index is 0.0544. The van der Waals surface area contributed by atoms with Crippen LogP contribution in [0.2, 0.25) is 0 Å². The summed E-state index contributed by atoms with van der Waals surface area (Å²) < 4.78 is 0. The molecule has 1 rings (SSSR count). The fraction of sp³-hybridized carbons (Fsp3) is 0.889. The van der Waals surface area contributed by atoms with Gasteiger partial charge < -0.3 is 10.2 Å². The number of nitrogens with zero attached hydrogens (tertiary/aromatic N) is 1. The molecule has 0 aliphatic carbocycles. The average Bonchev–Trinajstić information content (AvgIpc) is 2.37. The Bertz CT molecular complexity index is 145. The molecule has 0 bridgehead atoms. The molecular weight excluding hydrogens is 152 g/mol. The Kier molecular flexibility index (Phi) is 4.71. The van der Waals surface area contributed by atoms with Crippen molar-refractivity contribution in [3.63, 3.8) is 0 Å². The van der Waals surface area contributed by atoms with Gasteiger partial charge in [-0.05, 0) is 5.92 Å². The maximum absolute atomic E-state index is 10.9. The van der Waals surface area contributed by atoms with Crippen LogP contribution in [0.5, 0.6) is 0 Å². The van der Waals surface area contributed by atoms with Crippen LogP contribution in [0.1, 0.15) is 27.7 Å². The van der Waals surface area contributed by atoms with Crippen molar-refractivity contribution in [3.05, 3.63) is 0 Å². The predicted octanol–water partition coefficient (Wildman–Crippen LogP) is 1.69. The molecule has 1 saturated heterocycles. The van der Waals surface area contributed by atoms with Crippen molar-refractivity contribution in [2.24, 2.45) is 5.92 Å². The normalized spacial score (nSPS) is 22.0. The number of rotatable bonds is 1. The van der Waals surface area contributed by atoms with Crippen LogP contribution in [0.25, 0.3) is 0 Å². The van der Waals surface area contributed by atoms with Gasteiger partial charge in [0.05, 0.1) is 6.04 Å². The van der Waals surface area contributed by atoms with E-state index in [2.05, 4.69) is 19.2 Å². The zero-order valence-electron chi connectivity index (χ0n) is 8.72. The van der Waals surface area contributed by atoms with Gasteiger partial charge in [0.25, 0.3) is 0 Å². The van der Waals surface area contributed by atoms with Crippen LogP contribution >= 0.6 is 0 Å². The van der Waals surface area contributed by atoms with E-state index in [4.69, 9.17) is 0 Å². The second kappa shape index (κ2) is 5.01. The van der Waals surface area contributed by atoms with E-state index in [1.807, 2.05) is 20.9 Å². The molecule has 3 nitrogen and oxygen atoms in total. The Morgan fingerprint density at radius 1 is 1.50 bits per heavy atom. The Hall–Kier alpha value is -0.730. The number of nitrogens with one attached hydrogen (secondary N) is 1. The van der Waals surface area contributed by atoms with Crippen LogP contribution < -0.4 is 5.32 Å². The first-order valence-corrected chi connectivity index (χ1v) is 4.63. The van der Waals surface area contributed by atoms with Crippen LogP contribution in [0.3, 0.4) is 0 Å². The van der Waals surface area contributed by atoms with Crippen molar-refractivity contribution in [1.82, 2.24) is 10.2 Å². The molecule has 0 radical (unpaired) electrons. The SMILES string of the molecule is CC.CC(C)C1CNC(=O)N1C. The van der Waals surface area contributed by atoms with Crippen molar-refractivity contribution in [1.29, 1.82) is 0 Å². The summed E-state index contributed by atoms with van der Waals surface area (Å²) in [6.07, 6.45) is 0. The summed E-state index contributed by atoms with van der Waals surface area (Å²) in [7, 11) is 1.84. The summed E-state index contributed by atoms with van der Waals surface area (Å²) in [5, 5.41) is 2.79. The lowest BCUT2D eigenvalue weighted by atomic mass is 10.1. The van der Waals surface area contributed by atoms with Gasteiger partial charge in [-0.3, -0.25) is 0 Å². The largest absolute Gasteiger partial charge is 0.336 e. The van der Waals surface area contributed by atoms with E-state index in [0.29, 0.717) is 12.0 Å². The van der Waals surface area contributed by atoms with Gasteiger partial charge in [-0.15, -0.1) is 0 Å². The first-order valence-electron chi connectivity index (χ1n) is 4.63. The fourth-order valence-corrected chi connectivity index (χ4v) is 1.29. The molecule has 1 unspecified atom stereocenters. The average molecular weight is 172 g/mol. The highest BCUT2D eigenvalue weighted by atomic mass is 16.2. The van der Waals surface area contributed by atoms with Gasteiger partial charge in [-0.2, -0.15) is 0 Å². The molecule has 0 aromatic heterocycles.